The minimum atomic E-state index is -4.72. The maximum Gasteiger partial charge on any atom is 0.418 e. The normalized spacial score (nSPS) is 18.1. The van der Waals surface area contributed by atoms with Gasteiger partial charge in [0.2, 0.25) is 11.9 Å². The Morgan fingerprint density at radius 1 is 1.11 bits per heavy atom. The summed E-state index contributed by atoms with van der Waals surface area (Å²) in [6, 6.07) is 7.28. The summed E-state index contributed by atoms with van der Waals surface area (Å²) in [4.78, 5) is 9.95. The molecule has 1 atom stereocenters. The molecule has 4 heterocycles. The topological polar surface area (TPSA) is 108 Å². The van der Waals surface area contributed by atoms with E-state index in [9.17, 15) is 27.1 Å². The van der Waals surface area contributed by atoms with Crippen LogP contribution in [-0.4, -0.2) is 59.9 Å². The number of H-pyrrole nitrogens is 1. The molecule has 0 unspecified atom stereocenters. The van der Waals surface area contributed by atoms with Gasteiger partial charge in [-0.1, -0.05) is 0 Å². The molecule has 5 rings (SSSR count). The van der Waals surface area contributed by atoms with E-state index in [1.807, 2.05) is 0 Å². The lowest BCUT2D eigenvalue weighted by Gasteiger charge is -2.26. The standard InChI is InChI=1S/C22H19F5N8O/c1-34-20(30-13-3-4-14(16(23)8-13)15-10-29-32-18(15)24)31-19(33-34)12-2-5-17(28-9-12)35-7-6-21(36,11-35)22(25,26)27/h2-5,8-10,36H,6-7,11H2,1H3,(H,29,32)(H,30,31,33)/t21-/m1/s1. The highest BCUT2D eigenvalue weighted by Gasteiger charge is 2.57. The van der Waals surface area contributed by atoms with Crippen LogP contribution in [0.1, 0.15) is 6.42 Å². The van der Waals surface area contributed by atoms with Crippen LogP contribution < -0.4 is 10.2 Å². The number of anilines is 3. The Morgan fingerprint density at radius 3 is 2.53 bits per heavy atom. The van der Waals surface area contributed by atoms with Crippen molar-refractivity contribution in [3.63, 3.8) is 0 Å². The molecule has 14 heteroatoms. The Kier molecular flexibility index (Phi) is 5.62. The van der Waals surface area contributed by atoms with Crippen LogP contribution in [-0.2, 0) is 7.05 Å². The number of halogens is 5. The van der Waals surface area contributed by atoms with Gasteiger partial charge >= 0.3 is 6.18 Å². The van der Waals surface area contributed by atoms with Gasteiger partial charge in [0.25, 0.3) is 0 Å². The second-order valence-corrected chi connectivity index (χ2v) is 8.41. The molecule has 1 aliphatic heterocycles. The number of nitrogens with zero attached hydrogens (tertiary/aromatic N) is 6. The molecule has 1 aromatic carbocycles. The highest BCUT2D eigenvalue weighted by molar-refractivity contribution is 5.68. The molecule has 0 aliphatic carbocycles. The fraction of sp³-hybridized carbons (Fsp3) is 0.273. The van der Waals surface area contributed by atoms with Crippen molar-refractivity contribution in [2.45, 2.75) is 18.2 Å². The third kappa shape index (κ3) is 4.23. The van der Waals surface area contributed by atoms with E-state index in [1.165, 1.54) is 40.2 Å². The summed E-state index contributed by atoms with van der Waals surface area (Å²) in [5.41, 5.74) is -1.86. The van der Waals surface area contributed by atoms with Crippen LogP contribution in [0.2, 0.25) is 0 Å². The summed E-state index contributed by atoms with van der Waals surface area (Å²) in [5, 5.41) is 22.8. The van der Waals surface area contributed by atoms with Crippen molar-refractivity contribution in [3.8, 4) is 22.5 Å². The van der Waals surface area contributed by atoms with Crippen molar-refractivity contribution in [3.05, 3.63) is 54.5 Å². The maximum atomic E-state index is 14.6. The average molecular weight is 506 g/mol. The average Bonchev–Trinajstić information content (AvgIpc) is 3.53. The number of nitrogens with one attached hydrogen (secondary N) is 2. The molecule has 3 N–H and O–H groups in total. The first-order valence-electron chi connectivity index (χ1n) is 10.7. The van der Waals surface area contributed by atoms with E-state index in [4.69, 9.17) is 0 Å². The molecule has 0 radical (unpaired) electrons. The van der Waals surface area contributed by atoms with Gasteiger partial charge in [-0.3, -0.25) is 5.10 Å². The van der Waals surface area contributed by atoms with Crippen molar-refractivity contribution in [2.75, 3.05) is 23.3 Å². The van der Waals surface area contributed by atoms with Crippen LogP contribution in [0.5, 0.6) is 0 Å². The predicted octanol–water partition coefficient (Wildman–Crippen LogP) is 3.79. The van der Waals surface area contributed by atoms with Gasteiger partial charge in [0.1, 0.15) is 11.6 Å². The van der Waals surface area contributed by atoms with Crippen molar-refractivity contribution in [1.82, 2.24) is 29.9 Å². The van der Waals surface area contributed by atoms with E-state index in [0.29, 0.717) is 11.3 Å². The number of rotatable bonds is 5. The van der Waals surface area contributed by atoms with Gasteiger partial charge in [0.15, 0.2) is 11.4 Å². The molecular weight excluding hydrogens is 487 g/mol. The highest BCUT2D eigenvalue weighted by atomic mass is 19.4. The Bertz CT molecular complexity index is 1400. The number of pyridine rings is 1. The molecule has 3 aromatic heterocycles. The van der Waals surface area contributed by atoms with Gasteiger partial charge in [-0.2, -0.15) is 27.6 Å². The summed E-state index contributed by atoms with van der Waals surface area (Å²) in [5.74, 6) is -0.553. The fourth-order valence-corrected chi connectivity index (χ4v) is 3.94. The quantitative estimate of drug-likeness (QED) is 0.354. The largest absolute Gasteiger partial charge is 0.418 e. The van der Waals surface area contributed by atoms with Gasteiger partial charge in [-0.25, -0.2) is 14.1 Å². The van der Waals surface area contributed by atoms with Gasteiger partial charge in [-0.05, 0) is 30.3 Å². The molecule has 188 valence electrons. The molecule has 1 aliphatic rings. The number of hydrogen-bond acceptors (Lipinski definition) is 7. The smallest absolute Gasteiger partial charge is 0.379 e. The third-order valence-corrected chi connectivity index (χ3v) is 5.98. The third-order valence-electron chi connectivity index (χ3n) is 5.98. The van der Waals surface area contributed by atoms with Crippen LogP contribution in [0.3, 0.4) is 0 Å². The van der Waals surface area contributed by atoms with E-state index in [0.717, 1.165) is 0 Å². The zero-order chi connectivity index (χ0) is 25.7. The van der Waals surface area contributed by atoms with E-state index < -0.39 is 36.5 Å². The van der Waals surface area contributed by atoms with Crippen molar-refractivity contribution < 1.29 is 27.1 Å². The molecule has 0 spiro atoms. The van der Waals surface area contributed by atoms with E-state index in [1.54, 1.807) is 19.2 Å². The maximum absolute atomic E-state index is 14.6. The Balaban J connectivity index is 1.31. The monoisotopic (exact) mass is 506 g/mol. The Morgan fingerprint density at radius 2 is 1.92 bits per heavy atom. The highest BCUT2D eigenvalue weighted by Crippen LogP contribution is 2.39. The molecule has 1 fully saturated rings. The number of alkyl halides is 3. The zero-order valence-corrected chi connectivity index (χ0v) is 18.7. The van der Waals surface area contributed by atoms with Gasteiger partial charge in [0.05, 0.1) is 18.3 Å². The minimum Gasteiger partial charge on any atom is -0.379 e. The lowest BCUT2D eigenvalue weighted by Crippen LogP contribution is -2.47. The number of aliphatic hydroxyl groups is 1. The first-order valence-corrected chi connectivity index (χ1v) is 10.7. The Labute approximate surface area is 200 Å². The summed E-state index contributed by atoms with van der Waals surface area (Å²) in [6.07, 6.45) is -2.54. The second kappa shape index (κ2) is 8.55. The molecular formula is C22H19F5N8O. The molecule has 1 saturated heterocycles. The summed E-state index contributed by atoms with van der Waals surface area (Å²) in [6.45, 7) is -0.581. The van der Waals surface area contributed by atoms with E-state index in [2.05, 4.69) is 30.6 Å². The van der Waals surface area contributed by atoms with Crippen LogP contribution in [0.4, 0.5) is 39.4 Å². The molecule has 0 saturated carbocycles. The summed E-state index contributed by atoms with van der Waals surface area (Å²) in [7, 11) is 1.62. The molecule has 4 aromatic rings. The Hall–Kier alpha value is -4.07. The second-order valence-electron chi connectivity index (χ2n) is 8.41. The molecule has 9 nitrogen and oxygen atoms in total. The number of hydrogen-bond donors (Lipinski definition) is 3. The summed E-state index contributed by atoms with van der Waals surface area (Å²) < 4.78 is 68.9. The number of aromatic nitrogens is 6. The number of aromatic amines is 1. The number of benzene rings is 1. The number of aryl methyl sites for hydroxylation is 1. The first-order chi connectivity index (χ1) is 17.0. The van der Waals surface area contributed by atoms with Gasteiger partial charge < -0.3 is 15.3 Å². The molecule has 36 heavy (non-hydrogen) atoms. The fourth-order valence-electron chi connectivity index (χ4n) is 3.94. The predicted molar refractivity (Wildman–Crippen MR) is 119 cm³/mol. The van der Waals surface area contributed by atoms with Crippen LogP contribution in [0.25, 0.3) is 22.5 Å². The van der Waals surface area contributed by atoms with Gasteiger partial charge in [-0.15, -0.1) is 5.10 Å². The number of β-amino-alcohol motifs (C(OH)–C–C–N with tert-alkyl or cyclic N) is 1. The van der Waals surface area contributed by atoms with Crippen LogP contribution >= 0.6 is 0 Å². The van der Waals surface area contributed by atoms with E-state index >= 15 is 0 Å². The molecule has 0 bridgehead atoms. The van der Waals surface area contributed by atoms with Crippen molar-refractivity contribution in [1.29, 1.82) is 0 Å². The minimum absolute atomic E-state index is 0.00737. The lowest BCUT2D eigenvalue weighted by atomic mass is 10.0. The van der Waals surface area contributed by atoms with Crippen LogP contribution in [0, 0.1) is 11.8 Å². The SMILES string of the molecule is Cn1nc(-c2ccc(N3CC[C@](O)(C(F)(F)F)C3)nc2)nc1Nc1ccc(-c2cn[nH]c2F)c(F)c1. The molecule has 0 amide bonds. The van der Waals surface area contributed by atoms with Crippen LogP contribution in [0.15, 0.2) is 42.7 Å². The van der Waals surface area contributed by atoms with E-state index in [-0.39, 0.29) is 35.3 Å². The lowest BCUT2D eigenvalue weighted by molar-refractivity contribution is -0.250. The first kappa shape index (κ1) is 23.7. The van der Waals surface area contributed by atoms with Crippen molar-refractivity contribution >= 4 is 17.5 Å². The summed E-state index contributed by atoms with van der Waals surface area (Å²) >= 11 is 0. The van der Waals surface area contributed by atoms with Gasteiger partial charge in [0, 0.05) is 43.0 Å². The zero-order valence-electron chi connectivity index (χ0n) is 18.7. The van der Waals surface area contributed by atoms with Crippen molar-refractivity contribution in [2.24, 2.45) is 7.05 Å².